The Hall–Kier alpha value is -3.67. The van der Waals surface area contributed by atoms with Crippen LogP contribution in [0.15, 0.2) is 30.5 Å². The highest BCUT2D eigenvalue weighted by atomic mass is 19.4. The van der Waals surface area contributed by atoms with E-state index in [0.29, 0.717) is 22.4 Å². The largest absolute Gasteiger partial charge is 0.390 e. The van der Waals surface area contributed by atoms with Gasteiger partial charge >= 0.3 is 6.18 Å². The minimum atomic E-state index is -4.34. The summed E-state index contributed by atoms with van der Waals surface area (Å²) in [7, 11) is 2.68. The lowest BCUT2D eigenvalue weighted by molar-refractivity contribution is -0.131. The molecular weight excluding hydrogens is 429 g/mol. The van der Waals surface area contributed by atoms with E-state index in [4.69, 9.17) is 10.6 Å². The Morgan fingerprint density at radius 1 is 1.28 bits per heavy atom. The van der Waals surface area contributed by atoms with Gasteiger partial charge in [-0.1, -0.05) is 6.07 Å². The molecular formula is C20H21F3N6O3. The number of amides is 2. The van der Waals surface area contributed by atoms with Crippen LogP contribution < -0.4 is 11.1 Å². The molecule has 0 bridgehead atoms. The van der Waals surface area contributed by atoms with Crippen molar-refractivity contribution in [2.45, 2.75) is 19.5 Å². The number of halogens is 3. The molecule has 3 aromatic rings. The molecule has 2 amide bonds. The van der Waals surface area contributed by atoms with Crippen molar-refractivity contribution in [2.75, 3.05) is 26.0 Å². The normalized spacial score (nSPS) is 11.6. The fraction of sp³-hybridized carbons (Fsp3) is 0.300. The SMILES string of the molecule is CON(C)C(=O)c1cc(NCCC(F)(F)F)c2ncc(-c3ccc(C(N)=O)c(C)c3)n2n1. The first-order valence-corrected chi connectivity index (χ1v) is 9.44. The molecule has 0 aliphatic heterocycles. The summed E-state index contributed by atoms with van der Waals surface area (Å²) in [6.45, 7) is 1.30. The molecule has 0 fully saturated rings. The van der Waals surface area contributed by atoms with E-state index in [-0.39, 0.29) is 17.0 Å². The van der Waals surface area contributed by atoms with Gasteiger partial charge in [0.25, 0.3) is 5.91 Å². The van der Waals surface area contributed by atoms with Gasteiger partial charge < -0.3 is 11.1 Å². The third kappa shape index (κ3) is 4.80. The summed E-state index contributed by atoms with van der Waals surface area (Å²) in [6.07, 6.45) is -3.93. The number of carbonyl (C=O) groups excluding carboxylic acids is 2. The van der Waals surface area contributed by atoms with Gasteiger partial charge in [-0.15, -0.1) is 0 Å². The summed E-state index contributed by atoms with van der Waals surface area (Å²) in [5.41, 5.74) is 7.78. The van der Waals surface area contributed by atoms with Crippen LogP contribution in [-0.2, 0) is 4.84 Å². The van der Waals surface area contributed by atoms with E-state index < -0.39 is 31.0 Å². The van der Waals surface area contributed by atoms with Gasteiger partial charge in [0.1, 0.15) is 0 Å². The first kappa shape index (κ1) is 23.0. The number of anilines is 1. The molecule has 3 rings (SSSR count). The molecule has 0 atom stereocenters. The molecule has 0 saturated carbocycles. The predicted molar refractivity (Wildman–Crippen MR) is 110 cm³/mol. The Labute approximate surface area is 180 Å². The Bertz CT molecular complexity index is 1180. The zero-order valence-corrected chi connectivity index (χ0v) is 17.5. The number of hydrogen-bond donors (Lipinski definition) is 2. The van der Waals surface area contributed by atoms with Crippen LogP contribution in [0, 0.1) is 6.92 Å². The first-order valence-electron chi connectivity index (χ1n) is 9.44. The molecule has 0 radical (unpaired) electrons. The Morgan fingerprint density at radius 2 is 2.00 bits per heavy atom. The van der Waals surface area contributed by atoms with Gasteiger partial charge in [0.15, 0.2) is 11.3 Å². The van der Waals surface area contributed by atoms with Gasteiger partial charge in [0.05, 0.1) is 31.1 Å². The number of fused-ring (bicyclic) bond motifs is 1. The Morgan fingerprint density at radius 3 is 2.59 bits per heavy atom. The van der Waals surface area contributed by atoms with Crippen LogP contribution in [0.1, 0.15) is 32.8 Å². The quantitative estimate of drug-likeness (QED) is 0.535. The van der Waals surface area contributed by atoms with Crippen molar-refractivity contribution in [3.63, 3.8) is 0 Å². The van der Waals surface area contributed by atoms with Crippen molar-refractivity contribution < 1.29 is 27.6 Å². The second-order valence-electron chi connectivity index (χ2n) is 6.99. The number of aromatic nitrogens is 3. The topological polar surface area (TPSA) is 115 Å². The van der Waals surface area contributed by atoms with Gasteiger partial charge in [-0.25, -0.2) is 14.6 Å². The lowest BCUT2D eigenvalue weighted by Crippen LogP contribution is -2.27. The first-order chi connectivity index (χ1) is 15.0. The maximum absolute atomic E-state index is 12.6. The number of nitrogens with one attached hydrogen (secondary N) is 1. The molecule has 9 nitrogen and oxygen atoms in total. The number of carbonyl (C=O) groups is 2. The van der Waals surface area contributed by atoms with Gasteiger partial charge in [0.2, 0.25) is 5.91 Å². The van der Waals surface area contributed by atoms with Crippen LogP contribution in [0.5, 0.6) is 0 Å². The second kappa shape index (κ2) is 8.83. The minimum absolute atomic E-state index is 0.0684. The van der Waals surface area contributed by atoms with Crippen LogP contribution in [0.25, 0.3) is 16.9 Å². The average Bonchev–Trinajstić information content (AvgIpc) is 3.15. The average molecular weight is 450 g/mol. The summed E-state index contributed by atoms with van der Waals surface area (Å²) in [5, 5.41) is 7.94. The van der Waals surface area contributed by atoms with Crippen molar-refractivity contribution in [3.8, 4) is 11.3 Å². The number of hydroxylamine groups is 2. The predicted octanol–water partition coefficient (Wildman–Crippen LogP) is 2.80. The summed E-state index contributed by atoms with van der Waals surface area (Å²) in [5.74, 6) is -1.18. The molecule has 2 aromatic heterocycles. The number of hydrogen-bond acceptors (Lipinski definition) is 6. The zero-order valence-electron chi connectivity index (χ0n) is 17.5. The standard InChI is InChI=1S/C20H21F3N6O3/c1-11-8-12(4-5-13(11)17(24)30)16-10-26-18-14(25-7-6-20(21,22)23)9-15(27-29(16)18)19(31)28(2)32-3/h4-5,8-10,25H,6-7H2,1-3H3,(H2,24,30). The fourth-order valence-corrected chi connectivity index (χ4v) is 3.08. The monoisotopic (exact) mass is 450 g/mol. The molecule has 32 heavy (non-hydrogen) atoms. The van der Waals surface area contributed by atoms with Crippen molar-refractivity contribution >= 4 is 23.1 Å². The van der Waals surface area contributed by atoms with Crippen LogP contribution >= 0.6 is 0 Å². The van der Waals surface area contributed by atoms with E-state index >= 15 is 0 Å². The number of rotatable bonds is 7. The van der Waals surface area contributed by atoms with Gasteiger partial charge in [-0.2, -0.15) is 18.3 Å². The zero-order chi connectivity index (χ0) is 23.6. The molecule has 2 heterocycles. The van der Waals surface area contributed by atoms with E-state index in [0.717, 1.165) is 5.06 Å². The minimum Gasteiger partial charge on any atom is -0.382 e. The maximum Gasteiger partial charge on any atom is 0.390 e. The van der Waals surface area contributed by atoms with Crippen molar-refractivity contribution in [2.24, 2.45) is 5.73 Å². The molecule has 170 valence electrons. The van der Waals surface area contributed by atoms with Crippen LogP contribution in [0.3, 0.4) is 0 Å². The van der Waals surface area contributed by atoms with Gasteiger partial charge in [-0.05, 0) is 30.7 Å². The van der Waals surface area contributed by atoms with Crippen LogP contribution in [0.4, 0.5) is 18.9 Å². The van der Waals surface area contributed by atoms with Crippen LogP contribution in [0.2, 0.25) is 0 Å². The van der Waals surface area contributed by atoms with Gasteiger partial charge in [-0.3, -0.25) is 14.4 Å². The smallest absolute Gasteiger partial charge is 0.382 e. The van der Waals surface area contributed by atoms with E-state index in [1.54, 1.807) is 25.1 Å². The number of nitrogens with two attached hydrogens (primary N) is 1. The molecule has 0 unspecified atom stereocenters. The number of nitrogens with zero attached hydrogens (tertiary/aromatic N) is 4. The second-order valence-corrected chi connectivity index (χ2v) is 6.99. The third-order valence-electron chi connectivity index (χ3n) is 4.76. The molecule has 0 spiro atoms. The highest BCUT2D eigenvalue weighted by Gasteiger charge is 2.27. The van der Waals surface area contributed by atoms with Crippen molar-refractivity contribution in [3.05, 3.63) is 47.3 Å². The summed E-state index contributed by atoms with van der Waals surface area (Å²) < 4.78 is 39.2. The van der Waals surface area contributed by atoms with E-state index in [2.05, 4.69) is 15.4 Å². The highest BCUT2D eigenvalue weighted by molar-refractivity contribution is 5.95. The lowest BCUT2D eigenvalue weighted by atomic mass is 10.0. The molecule has 0 aliphatic carbocycles. The molecule has 1 aromatic carbocycles. The molecule has 3 N–H and O–H groups in total. The van der Waals surface area contributed by atoms with E-state index in [9.17, 15) is 22.8 Å². The number of aryl methyl sites for hydroxylation is 1. The summed E-state index contributed by atoms with van der Waals surface area (Å²) in [6, 6.07) is 6.23. The lowest BCUT2D eigenvalue weighted by Gasteiger charge is -2.15. The Balaban J connectivity index is 2.11. The number of alkyl halides is 3. The summed E-state index contributed by atoms with van der Waals surface area (Å²) in [4.78, 5) is 33.3. The molecule has 0 aliphatic rings. The van der Waals surface area contributed by atoms with Gasteiger partial charge in [0, 0.05) is 24.7 Å². The molecule has 12 heteroatoms. The number of benzene rings is 1. The highest BCUT2D eigenvalue weighted by Crippen LogP contribution is 2.27. The Kier molecular flexibility index (Phi) is 6.35. The van der Waals surface area contributed by atoms with Crippen molar-refractivity contribution in [1.82, 2.24) is 19.7 Å². The van der Waals surface area contributed by atoms with Crippen molar-refractivity contribution in [1.29, 1.82) is 0 Å². The molecule has 0 saturated heterocycles. The number of primary amides is 1. The number of imidazole rings is 1. The van der Waals surface area contributed by atoms with Crippen LogP contribution in [-0.4, -0.2) is 58.4 Å². The fourth-order valence-electron chi connectivity index (χ4n) is 3.08. The summed E-state index contributed by atoms with van der Waals surface area (Å²) >= 11 is 0. The third-order valence-corrected chi connectivity index (χ3v) is 4.76. The maximum atomic E-state index is 12.6. The van der Waals surface area contributed by atoms with E-state index in [1.807, 2.05) is 0 Å². The van der Waals surface area contributed by atoms with E-state index in [1.165, 1.54) is 30.9 Å².